The molecule has 7 heteroatoms. The van der Waals surface area contributed by atoms with Gasteiger partial charge in [-0.3, -0.25) is 4.79 Å². The summed E-state index contributed by atoms with van der Waals surface area (Å²) in [5, 5.41) is 5.40. The summed E-state index contributed by atoms with van der Waals surface area (Å²) in [4.78, 5) is 13.2. The van der Waals surface area contributed by atoms with E-state index in [-0.39, 0.29) is 12.5 Å². The van der Waals surface area contributed by atoms with Crippen molar-refractivity contribution in [1.82, 2.24) is 15.5 Å². The molecule has 1 amide bonds. The molecule has 0 bridgehead atoms. The molecular formula is C14H24F3N3O. The van der Waals surface area contributed by atoms with Gasteiger partial charge >= 0.3 is 12.1 Å². The molecule has 0 aliphatic carbocycles. The number of amides is 1. The lowest BCUT2D eigenvalue weighted by molar-refractivity contribution is -0.173. The van der Waals surface area contributed by atoms with Crippen molar-refractivity contribution in [2.45, 2.75) is 31.9 Å². The molecule has 2 rings (SSSR count). The molecule has 1 atom stereocenters. The third-order valence-electron chi connectivity index (χ3n) is 4.43. The quantitative estimate of drug-likeness (QED) is 0.825. The van der Waals surface area contributed by atoms with E-state index in [0.29, 0.717) is 5.92 Å². The van der Waals surface area contributed by atoms with Crippen molar-refractivity contribution >= 4 is 5.91 Å². The number of nitrogens with one attached hydrogen (secondary N) is 2. The molecule has 0 aromatic heterocycles. The highest BCUT2D eigenvalue weighted by Crippen LogP contribution is 2.20. The molecule has 0 aromatic rings. The predicted molar refractivity (Wildman–Crippen MR) is 73.8 cm³/mol. The Kier molecular flexibility index (Phi) is 5.87. The molecule has 2 aliphatic rings. The minimum Gasteiger partial charge on any atom is -0.348 e. The average molecular weight is 307 g/mol. The fourth-order valence-corrected chi connectivity index (χ4v) is 3.16. The Hall–Kier alpha value is -0.820. The number of alkyl halides is 3. The molecule has 0 spiro atoms. The van der Waals surface area contributed by atoms with Gasteiger partial charge in [-0.2, -0.15) is 13.2 Å². The first-order valence-electron chi connectivity index (χ1n) is 7.73. The largest absolute Gasteiger partial charge is 0.471 e. The van der Waals surface area contributed by atoms with Crippen molar-refractivity contribution in [2.75, 3.05) is 39.3 Å². The van der Waals surface area contributed by atoms with Gasteiger partial charge < -0.3 is 15.5 Å². The number of halogens is 3. The van der Waals surface area contributed by atoms with Crippen LogP contribution < -0.4 is 10.6 Å². The van der Waals surface area contributed by atoms with Crippen LogP contribution in [-0.4, -0.2) is 56.3 Å². The fourth-order valence-electron chi connectivity index (χ4n) is 3.16. The zero-order valence-electron chi connectivity index (χ0n) is 12.2. The van der Waals surface area contributed by atoms with Crippen LogP contribution in [0.1, 0.15) is 25.7 Å². The van der Waals surface area contributed by atoms with Gasteiger partial charge in [-0.1, -0.05) is 0 Å². The maximum atomic E-state index is 12.1. The van der Waals surface area contributed by atoms with Crippen LogP contribution in [0.15, 0.2) is 0 Å². The van der Waals surface area contributed by atoms with Crippen LogP contribution in [0.2, 0.25) is 0 Å². The Morgan fingerprint density at radius 1 is 1.19 bits per heavy atom. The van der Waals surface area contributed by atoms with Crippen molar-refractivity contribution in [3.05, 3.63) is 0 Å². The van der Waals surface area contributed by atoms with E-state index in [4.69, 9.17) is 0 Å². The van der Waals surface area contributed by atoms with Crippen molar-refractivity contribution in [2.24, 2.45) is 11.8 Å². The Morgan fingerprint density at radius 2 is 1.90 bits per heavy atom. The highest BCUT2D eigenvalue weighted by Gasteiger charge is 2.38. The van der Waals surface area contributed by atoms with Crippen LogP contribution in [0.25, 0.3) is 0 Å². The van der Waals surface area contributed by atoms with Crippen molar-refractivity contribution in [1.29, 1.82) is 0 Å². The van der Waals surface area contributed by atoms with E-state index in [0.717, 1.165) is 45.6 Å². The van der Waals surface area contributed by atoms with Crippen LogP contribution in [0, 0.1) is 11.8 Å². The van der Waals surface area contributed by atoms with Crippen LogP contribution in [0.3, 0.4) is 0 Å². The van der Waals surface area contributed by atoms with Gasteiger partial charge in [-0.15, -0.1) is 0 Å². The first kappa shape index (κ1) is 16.5. The molecular weight excluding hydrogens is 283 g/mol. The van der Waals surface area contributed by atoms with Gasteiger partial charge in [0.2, 0.25) is 0 Å². The molecule has 4 nitrogen and oxygen atoms in total. The lowest BCUT2D eigenvalue weighted by Crippen LogP contribution is -2.44. The minimum absolute atomic E-state index is 0.136. The number of nitrogens with zero attached hydrogens (tertiary/aromatic N) is 1. The van der Waals surface area contributed by atoms with E-state index in [1.807, 2.05) is 5.32 Å². The molecule has 2 aliphatic heterocycles. The van der Waals surface area contributed by atoms with E-state index in [9.17, 15) is 18.0 Å². The molecule has 0 saturated carbocycles. The number of rotatable bonds is 4. The minimum atomic E-state index is -4.77. The predicted octanol–water partition coefficient (Wildman–Crippen LogP) is 1.38. The standard InChI is InChI=1S/C14H24F3N3O/c15-14(16,17)13(21)19-9-11-3-6-20(7-4-11)10-12-2-1-5-18-8-12/h11-12,18H,1-10H2,(H,19,21). The van der Waals surface area contributed by atoms with Gasteiger partial charge in [0.05, 0.1) is 0 Å². The van der Waals surface area contributed by atoms with Gasteiger partial charge in [0, 0.05) is 13.1 Å². The van der Waals surface area contributed by atoms with E-state index >= 15 is 0 Å². The number of likely N-dealkylation sites (tertiary alicyclic amines) is 1. The Labute approximate surface area is 123 Å². The van der Waals surface area contributed by atoms with Crippen LogP contribution in [-0.2, 0) is 4.79 Å². The molecule has 122 valence electrons. The first-order valence-corrected chi connectivity index (χ1v) is 7.73. The summed E-state index contributed by atoms with van der Waals surface area (Å²) >= 11 is 0. The zero-order chi connectivity index (χ0) is 15.3. The fraction of sp³-hybridized carbons (Fsp3) is 0.929. The second kappa shape index (κ2) is 7.45. The summed E-state index contributed by atoms with van der Waals surface area (Å²) in [6, 6.07) is 0. The van der Waals surface area contributed by atoms with E-state index in [1.54, 1.807) is 0 Å². The molecule has 0 aromatic carbocycles. The Bertz CT molecular complexity index is 335. The smallest absolute Gasteiger partial charge is 0.348 e. The molecule has 0 radical (unpaired) electrons. The van der Waals surface area contributed by atoms with Gasteiger partial charge in [-0.25, -0.2) is 0 Å². The van der Waals surface area contributed by atoms with E-state index < -0.39 is 12.1 Å². The number of hydrogen-bond donors (Lipinski definition) is 2. The zero-order valence-corrected chi connectivity index (χ0v) is 12.2. The molecule has 2 N–H and O–H groups in total. The number of piperidine rings is 2. The SMILES string of the molecule is O=C(NCC1CCN(CC2CCCNC2)CC1)C(F)(F)F. The first-order chi connectivity index (χ1) is 9.95. The Balaban J connectivity index is 1.62. The van der Waals surface area contributed by atoms with E-state index in [1.165, 1.54) is 12.8 Å². The normalized spacial score (nSPS) is 25.8. The van der Waals surface area contributed by atoms with Crippen LogP contribution in [0.4, 0.5) is 13.2 Å². The molecule has 21 heavy (non-hydrogen) atoms. The Morgan fingerprint density at radius 3 is 2.48 bits per heavy atom. The van der Waals surface area contributed by atoms with Gasteiger partial charge in [0.1, 0.15) is 0 Å². The summed E-state index contributed by atoms with van der Waals surface area (Å²) in [5.74, 6) is -0.963. The number of hydrogen-bond acceptors (Lipinski definition) is 3. The number of carbonyl (C=O) groups is 1. The molecule has 2 heterocycles. The second-order valence-electron chi connectivity index (χ2n) is 6.16. The summed E-state index contributed by atoms with van der Waals surface area (Å²) in [7, 11) is 0. The topological polar surface area (TPSA) is 44.4 Å². The molecule has 1 unspecified atom stereocenters. The molecule has 2 saturated heterocycles. The third kappa shape index (κ3) is 5.47. The van der Waals surface area contributed by atoms with E-state index in [2.05, 4.69) is 10.2 Å². The van der Waals surface area contributed by atoms with Crippen molar-refractivity contribution in [3.63, 3.8) is 0 Å². The number of carbonyl (C=O) groups excluding carboxylic acids is 1. The summed E-state index contributed by atoms with van der Waals surface area (Å²) in [5.41, 5.74) is 0. The molecule has 2 fully saturated rings. The third-order valence-corrected chi connectivity index (χ3v) is 4.43. The average Bonchev–Trinajstić information content (AvgIpc) is 2.46. The highest BCUT2D eigenvalue weighted by molar-refractivity contribution is 5.81. The van der Waals surface area contributed by atoms with Gasteiger partial charge in [0.15, 0.2) is 0 Å². The van der Waals surface area contributed by atoms with Crippen LogP contribution >= 0.6 is 0 Å². The van der Waals surface area contributed by atoms with Crippen molar-refractivity contribution in [3.8, 4) is 0 Å². The lowest BCUT2D eigenvalue weighted by atomic mass is 9.94. The van der Waals surface area contributed by atoms with Gasteiger partial charge in [-0.05, 0) is 63.7 Å². The maximum Gasteiger partial charge on any atom is 0.471 e. The van der Waals surface area contributed by atoms with Gasteiger partial charge in [0.25, 0.3) is 0 Å². The lowest BCUT2D eigenvalue weighted by Gasteiger charge is -2.35. The highest BCUT2D eigenvalue weighted by atomic mass is 19.4. The monoisotopic (exact) mass is 307 g/mol. The second-order valence-corrected chi connectivity index (χ2v) is 6.16. The van der Waals surface area contributed by atoms with Crippen molar-refractivity contribution < 1.29 is 18.0 Å². The summed E-state index contributed by atoms with van der Waals surface area (Å²) < 4.78 is 36.3. The maximum absolute atomic E-state index is 12.1. The summed E-state index contributed by atoms with van der Waals surface area (Å²) in [6.07, 6.45) is -0.565. The van der Waals surface area contributed by atoms with Crippen LogP contribution in [0.5, 0.6) is 0 Å². The summed E-state index contributed by atoms with van der Waals surface area (Å²) in [6.45, 7) is 5.23.